The maximum absolute atomic E-state index is 12.6. The summed E-state index contributed by atoms with van der Waals surface area (Å²) in [6, 6.07) is 5.01. The minimum atomic E-state index is -4.36. The summed E-state index contributed by atoms with van der Waals surface area (Å²) in [6.07, 6.45) is -4.46. The lowest BCUT2D eigenvalue weighted by Crippen LogP contribution is -2.42. The Bertz CT molecular complexity index is 514. The van der Waals surface area contributed by atoms with Gasteiger partial charge in [-0.1, -0.05) is 12.1 Å². The van der Waals surface area contributed by atoms with Crippen molar-refractivity contribution in [1.29, 1.82) is 0 Å². The summed E-state index contributed by atoms with van der Waals surface area (Å²) in [5.41, 5.74) is 5.43. The molecule has 1 aromatic carbocycles. The Kier molecular flexibility index (Phi) is 5.62. The van der Waals surface area contributed by atoms with Crippen molar-refractivity contribution in [2.45, 2.75) is 18.8 Å². The lowest BCUT2D eigenvalue weighted by molar-refractivity contribution is -0.137. The van der Waals surface area contributed by atoms with Gasteiger partial charge in [-0.05, 0) is 17.7 Å². The van der Waals surface area contributed by atoms with Crippen molar-refractivity contribution in [3.8, 4) is 0 Å². The number of aliphatic imine (C=N–C) groups is 1. The number of guanidine groups is 1. The molecule has 2 rings (SSSR count). The molecule has 22 heavy (non-hydrogen) atoms. The van der Waals surface area contributed by atoms with E-state index in [-0.39, 0.29) is 18.6 Å². The molecule has 0 amide bonds. The molecule has 5 nitrogen and oxygen atoms in total. The third-order valence-corrected chi connectivity index (χ3v) is 3.08. The van der Waals surface area contributed by atoms with Crippen LogP contribution in [0.25, 0.3) is 0 Å². The summed E-state index contributed by atoms with van der Waals surface area (Å²) in [5.74, 6) is 0.159. The molecule has 0 aromatic heterocycles. The Morgan fingerprint density at radius 2 is 2.18 bits per heavy atom. The summed E-state index contributed by atoms with van der Waals surface area (Å²) in [6.45, 7) is 2.11. The molecule has 0 aliphatic carbocycles. The molecule has 1 fully saturated rings. The fraction of sp³-hybridized carbons (Fsp3) is 0.500. The normalized spacial score (nSPS) is 20.0. The Hall–Kier alpha value is -1.80. The second-order valence-electron chi connectivity index (χ2n) is 4.85. The van der Waals surface area contributed by atoms with Crippen LogP contribution < -0.4 is 11.1 Å². The second kappa shape index (κ2) is 7.46. The molecule has 1 aromatic rings. The van der Waals surface area contributed by atoms with Gasteiger partial charge in [-0.2, -0.15) is 13.2 Å². The van der Waals surface area contributed by atoms with Gasteiger partial charge in [0.15, 0.2) is 5.96 Å². The standard InChI is InChI=1S/C14H18F3N3O2/c15-14(16,17)11-3-1-2-10(6-11)7-19-13(18)20-8-12-9-21-4-5-22-12/h1-3,6,12H,4-5,7-9H2,(H3,18,19,20). The van der Waals surface area contributed by atoms with Crippen molar-refractivity contribution in [3.63, 3.8) is 0 Å². The van der Waals surface area contributed by atoms with Gasteiger partial charge in [-0.3, -0.25) is 0 Å². The van der Waals surface area contributed by atoms with E-state index in [4.69, 9.17) is 15.2 Å². The minimum absolute atomic E-state index is 0.0742. The molecule has 1 aliphatic heterocycles. The van der Waals surface area contributed by atoms with Crippen LogP contribution in [0.3, 0.4) is 0 Å². The van der Waals surface area contributed by atoms with E-state index in [0.29, 0.717) is 31.9 Å². The molecule has 1 aliphatic rings. The van der Waals surface area contributed by atoms with Crippen LogP contribution in [0.1, 0.15) is 11.1 Å². The van der Waals surface area contributed by atoms with Gasteiger partial charge < -0.3 is 20.5 Å². The molecule has 0 bridgehead atoms. The Balaban J connectivity index is 1.85. The number of nitrogens with one attached hydrogen (secondary N) is 1. The maximum atomic E-state index is 12.6. The number of ether oxygens (including phenoxy) is 2. The fourth-order valence-corrected chi connectivity index (χ4v) is 1.95. The molecule has 1 unspecified atom stereocenters. The first-order valence-corrected chi connectivity index (χ1v) is 6.84. The number of nitrogens with zero attached hydrogens (tertiary/aromatic N) is 1. The van der Waals surface area contributed by atoms with E-state index in [1.165, 1.54) is 6.07 Å². The van der Waals surface area contributed by atoms with Crippen LogP contribution in [-0.2, 0) is 22.2 Å². The number of benzene rings is 1. The Morgan fingerprint density at radius 1 is 1.36 bits per heavy atom. The lowest BCUT2D eigenvalue weighted by atomic mass is 10.1. The molecule has 0 spiro atoms. The molecular weight excluding hydrogens is 299 g/mol. The van der Waals surface area contributed by atoms with Crippen molar-refractivity contribution >= 4 is 5.96 Å². The first-order valence-electron chi connectivity index (χ1n) is 6.84. The van der Waals surface area contributed by atoms with Crippen LogP contribution in [0.2, 0.25) is 0 Å². The van der Waals surface area contributed by atoms with Crippen molar-refractivity contribution in [3.05, 3.63) is 35.4 Å². The van der Waals surface area contributed by atoms with E-state index in [1.807, 2.05) is 0 Å². The average Bonchev–Trinajstić information content (AvgIpc) is 2.51. The average molecular weight is 317 g/mol. The van der Waals surface area contributed by atoms with Gasteiger partial charge in [0.05, 0.1) is 38.0 Å². The van der Waals surface area contributed by atoms with Crippen LogP contribution >= 0.6 is 0 Å². The molecule has 1 saturated heterocycles. The third-order valence-electron chi connectivity index (χ3n) is 3.08. The van der Waals surface area contributed by atoms with Gasteiger partial charge in [0.1, 0.15) is 0 Å². The highest BCUT2D eigenvalue weighted by Crippen LogP contribution is 2.29. The monoisotopic (exact) mass is 317 g/mol. The molecule has 1 heterocycles. The van der Waals surface area contributed by atoms with E-state index in [0.717, 1.165) is 12.1 Å². The third kappa shape index (κ3) is 5.19. The van der Waals surface area contributed by atoms with Crippen molar-refractivity contribution < 1.29 is 22.6 Å². The summed E-state index contributed by atoms with van der Waals surface area (Å²) < 4.78 is 48.4. The lowest BCUT2D eigenvalue weighted by Gasteiger charge is -2.23. The Morgan fingerprint density at radius 3 is 2.86 bits per heavy atom. The van der Waals surface area contributed by atoms with Gasteiger partial charge in [-0.25, -0.2) is 4.99 Å². The smallest absolute Gasteiger partial charge is 0.376 e. The van der Waals surface area contributed by atoms with Gasteiger partial charge in [-0.15, -0.1) is 0 Å². The molecule has 122 valence electrons. The van der Waals surface area contributed by atoms with Crippen molar-refractivity contribution in [1.82, 2.24) is 5.32 Å². The zero-order chi connectivity index (χ0) is 16.0. The zero-order valence-electron chi connectivity index (χ0n) is 11.9. The Labute approximate surface area is 126 Å². The molecule has 0 saturated carbocycles. The zero-order valence-corrected chi connectivity index (χ0v) is 11.9. The van der Waals surface area contributed by atoms with Crippen LogP contribution in [0.5, 0.6) is 0 Å². The highest BCUT2D eigenvalue weighted by Gasteiger charge is 2.30. The number of rotatable bonds is 4. The maximum Gasteiger partial charge on any atom is 0.416 e. The van der Waals surface area contributed by atoms with E-state index >= 15 is 0 Å². The highest BCUT2D eigenvalue weighted by molar-refractivity contribution is 5.77. The van der Waals surface area contributed by atoms with Gasteiger partial charge in [0.25, 0.3) is 0 Å². The first-order chi connectivity index (χ1) is 10.4. The largest absolute Gasteiger partial charge is 0.416 e. The second-order valence-corrected chi connectivity index (χ2v) is 4.85. The molecule has 8 heteroatoms. The van der Waals surface area contributed by atoms with Crippen LogP contribution in [0.4, 0.5) is 13.2 Å². The fourth-order valence-electron chi connectivity index (χ4n) is 1.95. The van der Waals surface area contributed by atoms with E-state index in [1.54, 1.807) is 6.07 Å². The van der Waals surface area contributed by atoms with Gasteiger partial charge in [0, 0.05) is 6.54 Å². The topological polar surface area (TPSA) is 68.9 Å². The predicted octanol–water partition coefficient (Wildman–Crippen LogP) is 1.53. The van der Waals surface area contributed by atoms with Crippen molar-refractivity contribution in [2.75, 3.05) is 26.4 Å². The predicted molar refractivity (Wildman–Crippen MR) is 75.3 cm³/mol. The van der Waals surface area contributed by atoms with Crippen LogP contribution in [0, 0.1) is 0 Å². The summed E-state index contributed by atoms with van der Waals surface area (Å²) in [7, 11) is 0. The van der Waals surface area contributed by atoms with Gasteiger partial charge in [0.2, 0.25) is 0 Å². The summed E-state index contributed by atoms with van der Waals surface area (Å²) >= 11 is 0. The molecule has 3 N–H and O–H groups in total. The number of nitrogens with two attached hydrogens (primary N) is 1. The van der Waals surface area contributed by atoms with Crippen LogP contribution in [-0.4, -0.2) is 38.4 Å². The van der Waals surface area contributed by atoms with E-state index < -0.39 is 11.7 Å². The van der Waals surface area contributed by atoms with E-state index in [9.17, 15) is 13.2 Å². The minimum Gasteiger partial charge on any atom is -0.376 e. The summed E-state index contributed by atoms with van der Waals surface area (Å²) in [4.78, 5) is 4.02. The van der Waals surface area contributed by atoms with Crippen LogP contribution in [0.15, 0.2) is 29.3 Å². The quantitative estimate of drug-likeness (QED) is 0.653. The molecule has 0 radical (unpaired) electrons. The van der Waals surface area contributed by atoms with Gasteiger partial charge >= 0.3 is 6.18 Å². The molecule has 1 atom stereocenters. The number of halogens is 3. The summed E-state index contributed by atoms with van der Waals surface area (Å²) in [5, 5.41) is 2.87. The number of hydrogen-bond donors (Lipinski definition) is 2. The SMILES string of the molecule is NC(=NCc1cccc(C(F)(F)F)c1)NCC1COCCO1. The molecular formula is C14H18F3N3O2. The highest BCUT2D eigenvalue weighted by atomic mass is 19.4. The number of hydrogen-bond acceptors (Lipinski definition) is 3. The first kappa shape index (κ1) is 16.6. The van der Waals surface area contributed by atoms with Crippen molar-refractivity contribution in [2.24, 2.45) is 10.7 Å². The number of alkyl halides is 3. The van der Waals surface area contributed by atoms with E-state index in [2.05, 4.69) is 10.3 Å².